The van der Waals surface area contributed by atoms with Crippen LogP contribution < -0.4 is 5.32 Å². The molecule has 4 nitrogen and oxygen atoms in total. The Balaban J connectivity index is 1.94. The van der Waals surface area contributed by atoms with Crippen molar-refractivity contribution in [3.05, 3.63) is 0 Å². The summed E-state index contributed by atoms with van der Waals surface area (Å²) in [6, 6.07) is 0.585. The summed E-state index contributed by atoms with van der Waals surface area (Å²) in [6.45, 7) is 5.36. The molecule has 0 amide bonds. The van der Waals surface area contributed by atoms with Gasteiger partial charge in [0.15, 0.2) is 0 Å². The van der Waals surface area contributed by atoms with Gasteiger partial charge in [0, 0.05) is 30.9 Å². The Hall–Kier alpha value is -0.130. The fraction of sp³-hybridized carbons (Fsp3) is 1.00. The quantitative estimate of drug-likeness (QED) is 0.816. The van der Waals surface area contributed by atoms with Gasteiger partial charge in [-0.2, -0.15) is 0 Å². The number of sulfone groups is 1. The second kappa shape index (κ2) is 7.42. The topological polar surface area (TPSA) is 49.4 Å². The van der Waals surface area contributed by atoms with Crippen LogP contribution in [0.5, 0.6) is 0 Å². The van der Waals surface area contributed by atoms with Crippen molar-refractivity contribution in [2.45, 2.75) is 69.9 Å². The van der Waals surface area contributed by atoms with Crippen molar-refractivity contribution >= 4 is 9.84 Å². The van der Waals surface area contributed by atoms with E-state index in [4.69, 9.17) is 0 Å². The zero-order chi connectivity index (χ0) is 15.3. The minimum atomic E-state index is -2.83. The van der Waals surface area contributed by atoms with Crippen LogP contribution in [-0.2, 0) is 9.84 Å². The van der Waals surface area contributed by atoms with E-state index in [1.807, 2.05) is 0 Å². The van der Waals surface area contributed by atoms with Crippen LogP contribution in [0.15, 0.2) is 0 Å². The fourth-order valence-corrected chi connectivity index (χ4v) is 4.66. The maximum Gasteiger partial charge on any atom is 0.147 e. The first-order valence-corrected chi connectivity index (χ1v) is 10.7. The lowest BCUT2D eigenvalue weighted by Gasteiger charge is -2.50. The van der Waals surface area contributed by atoms with E-state index in [9.17, 15) is 8.42 Å². The SMILES string of the molecule is CCCC1CNC2(CCCCC2)CN1CCCS(C)(=O)=O. The molecule has 0 bridgehead atoms. The Morgan fingerprint density at radius 2 is 1.95 bits per heavy atom. The van der Waals surface area contributed by atoms with Gasteiger partial charge in [-0.3, -0.25) is 4.90 Å². The lowest BCUT2D eigenvalue weighted by molar-refractivity contribution is 0.0520. The molecule has 0 aromatic rings. The van der Waals surface area contributed by atoms with E-state index in [1.54, 1.807) is 0 Å². The maximum absolute atomic E-state index is 11.3. The molecule has 1 saturated heterocycles. The minimum absolute atomic E-state index is 0.313. The molecule has 1 heterocycles. The number of hydrogen-bond acceptors (Lipinski definition) is 4. The fourth-order valence-electron chi connectivity index (χ4n) is 4.01. The van der Waals surface area contributed by atoms with Crippen LogP contribution in [0.2, 0.25) is 0 Å². The lowest BCUT2D eigenvalue weighted by Crippen LogP contribution is -2.64. The van der Waals surface area contributed by atoms with E-state index < -0.39 is 9.84 Å². The largest absolute Gasteiger partial charge is 0.308 e. The van der Waals surface area contributed by atoms with Gasteiger partial charge in [0.05, 0.1) is 5.75 Å². The van der Waals surface area contributed by atoms with Gasteiger partial charge in [-0.05, 0) is 32.2 Å². The average molecular weight is 317 g/mol. The summed E-state index contributed by atoms with van der Waals surface area (Å²) in [5.41, 5.74) is 0.313. The molecule has 1 spiro atoms. The van der Waals surface area contributed by atoms with Crippen LogP contribution in [0, 0.1) is 0 Å². The molecule has 1 aliphatic heterocycles. The Morgan fingerprint density at radius 1 is 1.24 bits per heavy atom. The number of piperazine rings is 1. The lowest BCUT2D eigenvalue weighted by atomic mass is 9.79. The first-order chi connectivity index (χ1) is 9.94. The van der Waals surface area contributed by atoms with E-state index >= 15 is 0 Å². The standard InChI is InChI=1S/C16H32N2O2S/c1-3-8-15-13-17-16(9-5-4-6-10-16)14-18(15)11-7-12-21(2,19)20/h15,17H,3-14H2,1-2H3. The first kappa shape index (κ1) is 17.2. The Kier molecular flexibility index (Phi) is 6.09. The van der Waals surface area contributed by atoms with Gasteiger partial charge in [0.25, 0.3) is 0 Å². The number of rotatable bonds is 6. The summed E-state index contributed by atoms with van der Waals surface area (Å²) in [7, 11) is -2.83. The molecule has 1 aliphatic carbocycles. The Labute approximate surface area is 130 Å². The van der Waals surface area contributed by atoms with Crippen molar-refractivity contribution in [3.8, 4) is 0 Å². The molecule has 1 atom stereocenters. The summed E-state index contributed by atoms with van der Waals surface area (Å²) in [5.74, 6) is 0.322. The van der Waals surface area contributed by atoms with E-state index in [2.05, 4.69) is 17.1 Å². The second-order valence-corrected chi connectivity index (χ2v) is 9.38. The number of hydrogen-bond donors (Lipinski definition) is 1. The molecule has 1 saturated carbocycles. The van der Waals surface area contributed by atoms with Gasteiger partial charge in [0.2, 0.25) is 0 Å². The molecule has 0 aromatic heterocycles. The van der Waals surface area contributed by atoms with Crippen molar-refractivity contribution in [2.24, 2.45) is 0 Å². The van der Waals surface area contributed by atoms with E-state index in [-0.39, 0.29) is 0 Å². The zero-order valence-electron chi connectivity index (χ0n) is 13.7. The average Bonchev–Trinajstić information content (AvgIpc) is 2.42. The summed E-state index contributed by atoms with van der Waals surface area (Å²) in [5, 5.41) is 3.85. The summed E-state index contributed by atoms with van der Waals surface area (Å²) >= 11 is 0. The van der Waals surface area contributed by atoms with Crippen LogP contribution in [0.3, 0.4) is 0 Å². The van der Waals surface area contributed by atoms with Crippen molar-refractivity contribution in [1.29, 1.82) is 0 Å². The normalized spacial score (nSPS) is 27.0. The van der Waals surface area contributed by atoms with Crippen molar-refractivity contribution < 1.29 is 8.42 Å². The molecule has 124 valence electrons. The van der Waals surface area contributed by atoms with Crippen molar-refractivity contribution in [2.75, 3.05) is 31.6 Å². The molecule has 1 unspecified atom stereocenters. The maximum atomic E-state index is 11.3. The van der Waals surface area contributed by atoms with Crippen molar-refractivity contribution in [1.82, 2.24) is 10.2 Å². The van der Waals surface area contributed by atoms with Crippen LogP contribution in [0.4, 0.5) is 0 Å². The zero-order valence-corrected chi connectivity index (χ0v) is 14.6. The molecule has 2 fully saturated rings. The van der Waals surface area contributed by atoms with Gasteiger partial charge in [-0.15, -0.1) is 0 Å². The highest BCUT2D eigenvalue weighted by Crippen LogP contribution is 2.32. The van der Waals surface area contributed by atoms with Gasteiger partial charge in [0.1, 0.15) is 9.84 Å². The smallest absolute Gasteiger partial charge is 0.147 e. The minimum Gasteiger partial charge on any atom is -0.308 e. The van der Waals surface area contributed by atoms with E-state index in [0.717, 1.165) is 26.1 Å². The molecule has 0 radical (unpaired) electrons. The highest BCUT2D eigenvalue weighted by Gasteiger charge is 2.39. The van der Waals surface area contributed by atoms with E-state index in [1.165, 1.54) is 51.2 Å². The predicted octanol–water partition coefficient (Wildman–Crippen LogP) is 2.20. The molecule has 2 aliphatic rings. The summed E-state index contributed by atoms with van der Waals surface area (Å²) < 4.78 is 22.7. The molecule has 0 aromatic carbocycles. The molecule has 1 N–H and O–H groups in total. The molecule has 2 rings (SSSR count). The number of nitrogens with one attached hydrogen (secondary N) is 1. The van der Waals surface area contributed by atoms with Gasteiger partial charge >= 0.3 is 0 Å². The molecule has 21 heavy (non-hydrogen) atoms. The van der Waals surface area contributed by atoms with Crippen LogP contribution in [-0.4, -0.2) is 56.5 Å². The predicted molar refractivity (Wildman–Crippen MR) is 88.4 cm³/mol. The van der Waals surface area contributed by atoms with Crippen LogP contribution in [0.25, 0.3) is 0 Å². The van der Waals surface area contributed by atoms with Gasteiger partial charge < -0.3 is 5.32 Å². The van der Waals surface area contributed by atoms with Crippen molar-refractivity contribution in [3.63, 3.8) is 0 Å². The third-order valence-electron chi connectivity index (χ3n) is 5.13. The second-order valence-electron chi connectivity index (χ2n) is 7.12. The van der Waals surface area contributed by atoms with Crippen LogP contribution in [0.1, 0.15) is 58.3 Å². The van der Waals surface area contributed by atoms with Gasteiger partial charge in [-0.25, -0.2) is 8.42 Å². The third-order valence-corrected chi connectivity index (χ3v) is 6.16. The van der Waals surface area contributed by atoms with E-state index in [0.29, 0.717) is 17.3 Å². The first-order valence-electron chi connectivity index (χ1n) is 8.61. The molecular weight excluding hydrogens is 284 g/mol. The molecular formula is C16H32N2O2S. The van der Waals surface area contributed by atoms with Gasteiger partial charge in [-0.1, -0.05) is 32.6 Å². The Morgan fingerprint density at radius 3 is 2.57 bits per heavy atom. The van der Waals surface area contributed by atoms with Crippen LogP contribution >= 0.6 is 0 Å². The monoisotopic (exact) mass is 316 g/mol. The highest BCUT2D eigenvalue weighted by molar-refractivity contribution is 7.90. The Bertz CT molecular complexity index is 416. The number of nitrogens with zero attached hydrogens (tertiary/aromatic N) is 1. The highest BCUT2D eigenvalue weighted by atomic mass is 32.2. The third kappa shape index (κ3) is 5.22. The summed E-state index contributed by atoms with van der Waals surface area (Å²) in [4.78, 5) is 2.58. The molecule has 5 heteroatoms. The summed E-state index contributed by atoms with van der Waals surface area (Å²) in [6.07, 6.45) is 11.1.